The highest BCUT2D eigenvalue weighted by Gasteiger charge is 2.17. The van der Waals surface area contributed by atoms with Crippen LogP contribution in [0.3, 0.4) is 0 Å². The first-order chi connectivity index (χ1) is 8.45. The maximum Gasteiger partial charge on any atom is 0.335 e. The Bertz CT molecular complexity index is 468. The molecule has 0 fully saturated rings. The van der Waals surface area contributed by atoms with Gasteiger partial charge in [0.05, 0.1) is 17.1 Å². The molecule has 0 heterocycles. The summed E-state index contributed by atoms with van der Waals surface area (Å²) in [7, 11) is 0. The van der Waals surface area contributed by atoms with Crippen LogP contribution in [0.25, 0.3) is 0 Å². The van der Waals surface area contributed by atoms with E-state index in [4.69, 9.17) is 10.2 Å². The third kappa shape index (κ3) is 4.33. The normalized spacial score (nSPS) is 9.32. The third-order valence-corrected chi connectivity index (χ3v) is 2.04. The van der Waals surface area contributed by atoms with Gasteiger partial charge in [-0.25, -0.2) is 4.79 Å². The average molecular weight is 272 g/mol. The number of nitrogens with one attached hydrogen (secondary N) is 1. The summed E-state index contributed by atoms with van der Waals surface area (Å²) < 4.78 is 0. The lowest BCUT2D eigenvalue weighted by Crippen LogP contribution is -2.26. The van der Waals surface area contributed by atoms with E-state index in [1.807, 2.05) is 0 Å². The van der Waals surface area contributed by atoms with Crippen molar-refractivity contribution in [2.24, 2.45) is 0 Å². The molecule has 0 unspecified atom stereocenters. The molecule has 0 radical (unpaired) electrons. The predicted octanol–water partition coefficient (Wildman–Crippen LogP) is -0.810. The van der Waals surface area contributed by atoms with Crippen LogP contribution in [0.5, 0.6) is 0 Å². The zero-order valence-electron chi connectivity index (χ0n) is 9.62. The summed E-state index contributed by atoms with van der Waals surface area (Å²) in [4.78, 5) is 32.1. The smallest absolute Gasteiger partial charge is 0.335 e. The van der Waals surface area contributed by atoms with Gasteiger partial charge in [-0.05, 0) is 6.07 Å². The number of non-ortho nitro benzene ring substituents is 1. The van der Waals surface area contributed by atoms with Crippen molar-refractivity contribution >= 4 is 17.6 Å². The van der Waals surface area contributed by atoms with E-state index in [-0.39, 0.29) is 29.8 Å². The van der Waals surface area contributed by atoms with Gasteiger partial charge in [0.1, 0.15) is 0 Å². The number of aromatic carboxylic acids is 1. The highest BCUT2D eigenvalue weighted by atomic mass is 16.6. The Morgan fingerprint density at radius 2 is 1.84 bits per heavy atom. The van der Waals surface area contributed by atoms with Crippen molar-refractivity contribution in [2.75, 3.05) is 13.2 Å². The summed E-state index contributed by atoms with van der Waals surface area (Å²) in [6.45, 7) is -0.309. The van der Waals surface area contributed by atoms with Crippen molar-refractivity contribution in [3.8, 4) is 0 Å². The number of carbonyl (C=O) groups is 2. The van der Waals surface area contributed by atoms with Crippen LogP contribution in [0.15, 0.2) is 18.2 Å². The molecule has 0 aliphatic carbocycles. The molecule has 0 aliphatic heterocycles. The van der Waals surface area contributed by atoms with Crippen LogP contribution in [0, 0.1) is 10.1 Å². The minimum absolute atomic E-state index is 0. The number of hydrogen-bond acceptors (Lipinski definition) is 5. The number of rotatable bonds is 5. The molecule has 1 aromatic carbocycles. The number of hydrogen-bond donors (Lipinski definition) is 3. The number of aliphatic hydroxyl groups is 1. The van der Waals surface area contributed by atoms with Gasteiger partial charge in [-0.3, -0.25) is 14.9 Å². The first-order valence-electron chi connectivity index (χ1n) is 4.87. The number of nitro groups is 1. The number of benzene rings is 1. The van der Waals surface area contributed by atoms with Gasteiger partial charge in [-0.2, -0.15) is 0 Å². The number of amides is 1. The largest absolute Gasteiger partial charge is 0.478 e. The molecular weight excluding hydrogens is 260 g/mol. The van der Waals surface area contributed by atoms with E-state index in [1.165, 1.54) is 0 Å². The highest BCUT2D eigenvalue weighted by Crippen LogP contribution is 2.17. The maximum atomic E-state index is 11.5. The van der Waals surface area contributed by atoms with Gasteiger partial charge in [0.25, 0.3) is 11.6 Å². The van der Waals surface area contributed by atoms with Gasteiger partial charge >= 0.3 is 5.97 Å². The van der Waals surface area contributed by atoms with E-state index in [2.05, 4.69) is 5.32 Å². The minimum Gasteiger partial charge on any atom is -0.478 e. The fraction of sp³-hybridized carbons (Fsp3) is 0.200. The summed E-state index contributed by atoms with van der Waals surface area (Å²) in [6, 6.07) is 2.87. The Morgan fingerprint density at radius 1 is 1.26 bits per heavy atom. The van der Waals surface area contributed by atoms with Gasteiger partial charge < -0.3 is 21.0 Å². The van der Waals surface area contributed by atoms with Crippen LogP contribution < -0.4 is 5.32 Å². The molecule has 19 heavy (non-hydrogen) atoms. The Hall–Kier alpha value is -2.52. The topological polar surface area (TPSA) is 161 Å². The summed E-state index contributed by atoms with van der Waals surface area (Å²) in [6.07, 6.45) is 0. The van der Waals surface area contributed by atoms with Crippen molar-refractivity contribution in [3.05, 3.63) is 39.4 Å². The van der Waals surface area contributed by atoms with Crippen LogP contribution >= 0.6 is 0 Å². The quantitative estimate of drug-likeness (QED) is 0.469. The molecule has 0 aromatic heterocycles. The number of carboxylic acid groups (broad SMARTS) is 1. The molecule has 5 N–H and O–H groups in total. The van der Waals surface area contributed by atoms with Crippen LogP contribution in [0.4, 0.5) is 5.69 Å². The summed E-state index contributed by atoms with van der Waals surface area (Å²) in [5.41, 5.74) is -0.975. The van der Waals surface area contributed by atoms with Crippen molar-refractivity contribution in [1.29, 1.82) is 0 Å². The zero-order valence-corrected chi connectivity index (χ0v) is 9.62. The van der Waals surface area contributed by atoms with Crippen molar-refractivity contribution < 1.29 is 30.2 Å². The zero-order chi connectivity index (χ0) is 13.7. The molecule has 104 valence electrons. The summed E-state index contributed by atoms with van der Waals surface area (Å²) in [5, 5.41) is 30.2. The number of nitro benzene ring substituents is 1. The van der Waals surface area contributed by atoms with Crippen molar-refractivity contribution in [2.45, 2.75) is 0 Å². The van der Waals surface area contributed by atoms with Crippen molar-refractivity contribution in [1.82, 2.24) is 5.32 Å². The van der Waals surface area contributed by atoms with E-state index < -0.39 is 22.5 Å². The molecule has 1 rings (SSSR count). The summed E-state index contributed by atoms with van der Waals surface area (Å²) in [5.74, 6) is -2.05. The second-order valence-electron chi connectivity index (χ2n) is 3.31. The number of carbonyl (C=O) groups excluding carboxylic acids is 1. The minimum atomic E-state index is -1.37. The van der Waals surface area contributed by atoms with E-state index in [1.54, 1.807) is 0 Å². The van der Waals surface area contributed by atoms with Crippen LogP contribution in [-0.2, 0) is 0 Å². The van der Waals surface area contributed by atoms with E-state index in [9.17, 15) is 19.7 Å². The average Bonchev–Trinajstić information content (AvgIpc) is 2.35. The molecule has 1 aromatic rings. The lowest BCUT2D eigenvalue weighted by molar-refractivity contribution is -0.384. The Kier molecular flexibility index (Phi) is 6.10. The molecular formula is C10H12N2O7. The number of carboxylic acids is 1. The van der Waals surface area contributed by atoms with Gasteiger partial charge in [0.15, 0.2) is 0 Å². The molecule has 9 nitrogen and oxygen atoms in total. The lowest BCUT2D eigenvalue weighted by Gasteiger charge is -2.04. The van der Waals surface area contributed by atoms with Gasteiger partial charge in [0, 0.05) is 24.2 Å². The fourth-order valence-electron chi connectivity index (χ4n) is 1.24. The van der Waals surface area contributed by atoms with E-state index in [0.717, 1.165) is 18.2 Å². The summed E-state index contributed by atoms with van der Waals surface area (Å²) >= 11 is 0. The van der Waals surface area contributed by atoms with Gasteiger partial charge in [0.2, 0.25) is 0 Å². The first-order valence-corrected chi connectivity index (χ1v) is 4.87. The molecule has 9 heteroatoms. The van der Waals surface area contributed by atoms with Crippen molar-refractivity contribution in [3.63, 3.8) is 0 Å². The third-order valence-electron chi connectivity index (χ3n) is 2.04. The Balaban J connectivity index is 0.00000324. The molecule has 1 amide bonds. The Morgan fingerprint density at radius 3 is 2.32 bits per heavy atom. The molecule has 0 saturated heterocycles. The number of aliphatic hydroxyl groups excluding tert-OH is 1. The Labute approximate surface area is 106 Å². The number of nitrogens with zero attached hydrogens (tertiary/aromatic N) is 1. The molecule has 0 bridgehead atoms. The fourth-order valence-corrected chi connectivity index (χ4v) is 1.24. The van der Waals surface area contributed by atoms with E-state index in [0.29, 0.717) is 0 Å². The van der Waals surface area contributed by atoms with Crippen LogP contribution in [0.2, 0.25) is 0 Å². The van der Waals surface area contributed by atoms with Gasteiger partial charge in [-0.15, -0.1) is 0 Å². The SMILES string of the molecule is O.O=C(O)c1cc(C(=O)NCCO)cc([N+](=O)[O-])c1. The van der Waals surface area contributed by atoms with E-state index >= 15 is 0 Å². The predicted molar refractivity (Wildman–Crippen MR) is 63.1 cm³/mol. The second kappa shape index (κ2) is 7.03. The standard InChI is InChI=1S/C10H10N2O6.H2O/c13-2-1-11-9(14)6-3-7(10(15)16)5-8(4-6)12(17)18;/h3-5,13H,1-2H2,(H,11,14)(H,15,16);1H2. The maximum absolute atomic E-state index is 11.5. The van der Waals surface area contributed by atoms with Gasteiger partial charge in [-0.1, -0.05) is 0 Å². The highest BCUT2D eigenvalue weighted by molar-refractivity contribution is 5.98. The first kappa shape index (κ1) is 16.5. The monoisotopic (exact) mass is 272 g/mol. The molecule has 0 saturated carbocycles. The lowest BCUT2D eigenvalue weighted by atomic mass is 10.1. The van der Waals surface area contributed by atoms with Crippen LogP contribution in [-0.4, -0.2) is 45.6 Å². The van der Waals surface area contributed by atoms with Crippen LogP contribution in [0.1, 0.15) is 20.7 Å². The molecule has 0 aliphatic rings. The molecule has 0 atom stereocenters. The second-order valence-corrected chi connectivity index (χ2v) is 3.31. The molecule has 0 spiro atoms.